The lowest BCUT2D eigenvalue weighted by Gasteiger charge is -2.21. The second kappa shape index (κ2) is 15.4. The van der Waals surface area contributed by atoms with Crippen LogP contribution in [0.5, 0.6) is 5.75 Å². The maximum absolute atomic E-state index is 12.5. The Bertz CT molecular complexity index is 1140. The maximum atomic E-state index is 12.5. The first kappa shape index (κ1) is 31.2. The Morgan fingerprint density at radius 3 is 2.05 bits per heavy atom. The molecule has 1 heterocycles. The number of hydrogen-bond donors (Lipinski definition) is 7. The predicted octanol–water partition coefficient (Wildman–Crippen LogP) is -0.336. The second-order valence-corrected chi connectivity index (χ2v) is 9.99. The Morgan fingerprint density at radius 2 is 1.49 bits per heavy atom. The van der Waals surface area contributed by atoms with Crippen molar-refractivity contribution < 1.29 is 29.1 Å². The fourth-order valence-electron chi connectivity index (χ4n) is 3.24. The molecule has 0 spiro atoms. The molecule has 0 fully saturated rings. The Hall–Kier alpha value is -4.04. The molecule has 8 N–H and O–H groups in total. The number of nitrogens with two attached hydrogens (primary N) is 1. The smallest absolute Gasteiger partial charge is 0.242 e. The molecule has 0 saturated carbocycles. The molecule has 0 aliphatic rings. The van der Waals surface area contributed by atoms with Crippen molar-refractivity contribution in [1.82, 2.24) is 26.3 Å². The van der Waals surface area contributed by atoms with Gasteiger partial charge in [-0.05, 0) is 51.3 Å². The van der Waals surface area contributed by atoms with E-state index in [1.807, 2.05) is 0 Å². The molecule has 4 unspecified atom stereocenters. The summed E-state index contributed by atoms with van der Waals surface area (Å²) in [7, 11) is 0. The van der Waals surface area contributed by atoms with Gasteiger partial charge >= 0.3 is 0 Å². The fraction of sp³-hybridized carbons (Fsp3) is 0.440. The van der Waals surface area contributed by atoms with Crippen molar-refractivity contribution in [1.29, 1.82) is 0 Å². The summed E-state index contributed by atoms with van der Waals surface area (Å²) in [5.41, 5.74) is 6.67. The highest BCUT2D eigenvalue weighted by atomic mass is 32.1. The number of aromatic nitrogens is 1. The van der Waals surface area contributed by atoms with Crippen LogP contribution in [0.2, 0.25) is 0 Å². The zero-order valence-electron chi connectivity index (χ0n) is 22.0. The van der Waals surface area contributed by atoms with E-state index in [-0.39, 0.29) is 18.1 Å². The highest BCUT2D eigenvalue weighted by Gasteiger charge is 2.25. The van der Waals surface area contributed by atoms with Crippen LogP contribution in [0.4, 0.5) is 5.13 Å². The van der Waals surface area contributed by atoms with Gasteiger partial charge in [0, 0.05) is 13.1 Å². The van der Waals surface area contributed by atoms with Crippen LogP contribution in [0, 0.1) is 0 Å². The molecular formula is C25H35N7O6S. The highest BCUT2D eigenvalue weighted by molar-refractivity contribution is 7.17. The lowest BCUT2D eigenvalue weighted by molar-refractivity contribution is -0.133. The first-order chi connectivity index (χ1) is 18.5. The first-order valence-corrected chi connectivity index (χ1v) is 13.2. The van der Waals surface area contributed by atoms with Crippen molar-refractivity contribution in [3.63, 3.8) is 0 Å². The summed E-state index contributed by atoms with van der Waals surface area (Å²) in [6, 6.07) is 2.60. The van der Waals surface area contributed by atoms with E-state index in [4.69, 9.17) is 5.73 Å². The Kier molecular flexibility index (Phi) is 12.3. The molecule has 0 aliphatic carbocycles. The van der Waals surface area contributed by atoms with Crippen LogP contribution >= 0.6 is 11.3 Å². The summed E-state index contributed by atoms with van der Waals surface area (Å²) < 4.78 is 0. The van der Waals surface area contributed by atoms with E-state index in [0.717, 1.165) is 11.8 Å². The van der Waals surface area contributed by atoms with Gasteiger partial charge in [0.2, 0.25) is 23.6 Å². The third kappa shape index (κ3) is 10.7. The van der Waals surface area contributed by atoms with Crippen molar-refractivity contribution >= 4 is 46.4 Å². The number of carbonyl (C=O) groups excluding carboxylic acids is 5. The van der Waals surface area contributed by atoms with Gasteiger partial charge in [0.25, 0.3) is 0 Å². The summed E-state index contributed by atoms with van der Waals surface area (Å²) in [5, 5.41) is 23.3. The molecule has 0 saturated heterocycles. The number of nitrogens with zero attached hydrogens (tertiary/aromatic N) is 1. The third-order valence-corrected chi connectivity index (χ3v) is 6.43. The Morgan fingerprint density at radius 1 is 0.923 bits per heavy atom. The van der Waals surface area contributed by atoms with Gasteiger partial charge in [-0.15, -0.1) is 0 Å². The van der Waals surface area contributed by atoms with E-state index >= 15 is 0 Å². The van der Waals surface area contributed by atoms with Crippen LogP contribution in [-0.2, 0) is 25.6 Å². The summed E-state index contributed by atoms with van der Waals surface area (Å²) in [6.45, 7) is 5.34. The third-order valence-electron chi connectivity index (χ3n) is 5.55. The number of benzene rings is 1. The van der Waals surface area contributed by atoms with Crippen molar-refractivity contribution in [3.05, 3.63) is 40.9 Å². The van der Waals surface area contributed by atoms with Crippen molar-refractivity contribution in [2.75, 3.05) is 18.4 Å². The van der Waals surface area contributed by atoms with E-state index in [1.165, 1.54) is 50.4 Å². The van der Waals surface area contributed by atoms with Gasteiger partial charge in [-0.2, -0.15) is 0 Å². The quantitative estimate of drug-likeness (QED) is 0.112. The Balaban J connectivity index is 1.67. The molecule has 39 heavy (non-hydrogen) atoms. The van der Waals surface area contributed by atoms with Crippen molar-refractivity contribution in [3.8, 4) is 5.75 Å². The van der Waals surface area contributed by atoms with Gasteiger partial charge < -0.3 is 37.4 Å². The van der Waals surface area contributed by atoms with Gasteiger partial charge in [-0.25, -0.2) is 4.98 Å². The van der Waals surface area contributed by atoms with Gasteiger partial charge in [0.15, 0.2) is 11.4 Å². The molecule has 2 rings (SSSR count). The first-order valence-electron chi connectivity index (χ1n) is 12.4. The minimum atomic E-state index is -0.962. The van der Waals surface area contributed by atoms with Crippen molar-refractivity contribution in [2.45, 2.75) is 57.8 Å². The summed E-state index contributed by atoms with van der Waals surface area (Å²) in [6.07, 6.45) is 3.01. The number of phenols is 1. The van der Waals surface area contributed by atoms with Gasteiger partial charge in [-0.3, -0.25) is 24.0 Å². The molecular weight excluding hydrogens is 526 g/mol. The zero-order chi connectivity index (χ0) is 28.9. The normalized spacial score (nSPS) is 13.7. The largest absolute Gasteiger partial charge is 0.508 e. The highest BCUT2D eigenvalue weighted by Crippen LogP contribution is 2.15. The van der Waals surface area contributed by atoms with Crippen LogP contribution in [0.25, 0.3) is 0 Å². The predicted molar refractivity (Wildman–Crippen MR) is 146 cm³/mol. The lowest BCUT2D eigenvalue weighted by atomic mass is 10.1. The van der Waals surface area contributed by atoms with Crippen LogP contribution < -0.4 is 32.3 Å². The summed E-state index contributed by atoms with van der Waals surface area (Å²) in [5.74, 6) is -1.98. The van der Waals surface area contributed by atoms with Crippen LogP contribution in [0.15, 0.2) is 30.5 Å². The van der Waals surface area contributed by atoms with E-state index < -0.39 is 41.9 Å². The molecule has 4 atom stereocenters. The van der Waals surface area contributed by atoms with Gasteiger partial charge in [0.05, 0.1) is 17.1 Å². The molecule has 212 valence electrons. The molecule has 14 heteroatoms. The van der Waals surface area contributed by atoms with Gasteiger partial charge in [-0.1, -0.05) is 23.5 Å². The average Bonchev–Trinajstić information content (AvgIpc) is 3.37. The fourth-order valence-corrected chi connectivity index (χ4v) is 3.90. The number of phenolic OH excluding ortho intramolecular Hbond substituents is 1. The molecule has 0 bridgehead atoms. The standard InChI is InChI=1S/C25H35N7O6S/c1-14(21(35)27-9-4-10-28-25-29-12-19(13-33)39-25)30-22(36)15(2)31-23(37)16(3)32-24(38)20(26)11-17-5-7-18(34)8-6-17/h5-8,12-16,20,34H,4,9-11,26H2,1-3H3,(H,27,35)(H,28,29)(H,30,36)(H,31,37)(H,32,38). The van der Waals surface area contributed by atoms with Crippen molar-refractivity contribution in [2.24, 2.45) is 5.73 Å². The number of nitrogens with one attached hydrogen (secondary N) is 5. The number of rotatable bonds is 15. The molecule has 0 aliphatic heterocycles. The van der Waals surface area contributed by atoms with Crippen LogP contribution in [-0.4, -0.2) is 77.3 Å². The summed E-state index contributed by atoms with van der Waals surface area (Å²) in [4.78, 5) is 64.8. The molecule has 2 aromatic rings. The van der Waals surface area contributed by atoms with E-state index in [9.17, 15) is 29.1 Å². The molecule has 4 amide bonds. The number of anilines is 1. The molecule has 0 radical (unpaired) electrons. The number of aldehydes is 1. The number of hydrogen-bond acceptors (Lipinski definition) is 10. The van der Waals surface area contributed by atoms with Crippen LogP contribution in [0.3, 0.4) is 0 Å². The zero-order valence-corrected chi connectivity index (χ0v) is 22.8. The SMILES string of the molecule is CC(NC(=O)C(N)Cc1ccc(O)cc1)C(=O)NC(C)C(=O)NC(C)C(=O)NCCCNc1ncc(C=O)s1. The number of aromatic hydroxyl groups is 1. The van der Waals surface area contributed by atoms with Crippen LogP contribution in [0.1, 0.15) is 42.4 Å². The minimum absolute atomic E-state index is 0.0998. The van der Waals surface area contributed by atoms with E-state index in [2.05, 4.69) is 31.6 Å². The average molecular weight is 562 g/mol. The monoisotopic (exact) mass is 561 g/mol. The minimum Gasteiger partial charge on any atom is -0.508 e. The molecule has 1 aromatic carbocycles. The second-order valence-electron chi connectivity index (χ2n) is 8.92. The number of carbonyl (C=O) groups is 5. The lowest BCUT2D eigenvalue weighted by Crippen LogP contribution is -2.56. The maximum Gasteiger partial charge on any atom is 0.242 e. The molecule has 1 aromatic heterocycles. The molecule has 13 nitrogen and oxygen atoms in total. The van der Waals surface area contributed by atoms with E-state index in [1.54, 1.807) is 12.1 Å². The topological polar surface area (TPSA) is 205 Å². The summed E-state index contributed by atoms with van der Waals surface area (Å²) >= 11 is 1.23. The Labute approximate surface area is 230 Å². The number of amides is 4. The van der Waals surface area contributed by atoms with Gasteiger partial charge in [0.1, 0.15) is 23.9 Å². The number of thiazole rings is 1. The van der Waals surface area contributed by atoms with E-state index in [0.29, 0.717) is 29.5 Å².